The third kappa shape index (κ3) is 4.05. The lowest BCUT2D eigenvalue weighted by Gasteiger charge is -2.21. The van der Waals surface area contributed by atoms with Crippen LogP contribution in [0.15, 0.2) is 0 Å². The van der Waals surface area contributed by atoms with Gasteiger partial charge in [0.05, 0.1) is 24.8 Å². The van der Waals surface area contributed by atoms with Gasteiger partial charge in [0.1, 0.15) is 0 Å². The summed E-state index contributed by atoms with van der Waals surface area (Å²) in [4.78, 5) is 11.4. The molecule has 1 fully saturated rings. The largest absolute Gasteiger partial charge is 0.394 e. The zero-order chi connectivity index (χ0) is 11.3. The van der Waals surface area contributed by atoms with Crippen molar-refractivity contribution in [2.45, 2.75) is 44.9 Å². The molecule has 3 unspecified atom stereocenters. The number of aliphatic hydroxyl groups excluding tert-OH is 1. The van der Waals surface area contributed by atoms with Crippen LogP contribution in [0.5, 0.6) is 0 Å². The predicted molar refractivity (Wildman–Crippen MR) is 56.7 cm³/mol. The minimum atomic E-state index is -0.250. The Balaban J connectivity index is 2.24. The molecule has 5 nitrogen and oxygen atoms in total. The van der Waals surface area contributed by atoms with Gasteiger partial charge in [-0.2, -0.15) is 0 Å². The van der Waals surface area contributed by atoms with E-state index in [0.717, 1.165) is 19.4 Å². The molecule has 0 spiro atoms. The predicted octanol–water partition coefficient (Wildman–Crippen LogP) is 0.234. The van der Waals surface area contributed by atoms with Crippen molar-refractivity contribution in [2.24, 2.45) is 0 Å². The molecule has 5 heteroatoms. The number of rotatable bonds is 4. The Morgan fingerprint density at radius 3 is 2.80 bits per heavy atom. The normalized spacial score (nSPS) is 24.6. The minimum Gasteiger partial charge on any atom is -0.394 e. The van der Waals surface area contributed by atoms with E-state index in [4.69, 9.17) is 9.84 Å². The summed E-state index contributed by atoms with van der Waals surface area (Å²) in [6.45, 7) is 4.41. The smallest absolute Gasteiger partial charge is 0.315 e. The van der Waals surface area contributed by atoms with E-state index in [1.165, 1.54) is 0 Å². The van der Waals surface area contributed by atoms with Crippen LogP contribution in [0.3, 0.4) is 0 Å². The summed E-state index contributed by atoms with van der Waals surface area (Å²) < 4.78 is 5.46. The molecule has 3 atom stereocenters. The second kappa shape index (κ2) is 5.92. The van der Waals surface area contributed by atoms with Crippen LogP contribution in [0.1, 0.15) is 26.7 Å². The molecule has 0 aromatic heterocycles. The highest BCUT2D eigenvalue weighted by Gasteiger charge is 2.23. The summed E-state index contributed by atoms with van der Waals surface area (Å²) in [6, 6.07) is -0.459. The van der Waals surface area contributed by atoms with Crippen molar-refractivity contribution in [3.05, 3.63) is 0 Å². The van der Waals surface area contributed by atoms with E-state index >= 15 is 0 Å². The van der Waals surface area contributed by atoms with Gasteiger partial charge in [-0.1, -0.05) is 0 Å². The Hall–Kier alpha value is -0.810. The average molecular weight is 216 g/mol. The molecule has 0 aliphatic carbocycles. The van der Waals surface area contributed by atoms with Gasteiger partial charge in [-0.05, 0) is 26.7 Å². The van der Waals surface area contributed by atoms with Gasteiger partial charge in [0.15, 0.2) is 0 Å². The van der Waals surface area contributed by atoms with E-state index in [0.29, 0.717) is 0 Å². The van der Waals surface area contributed by atoms with Crippen molar-refractivity contribution >= 4 is 6.03 Å². The molecule has 88 valence electrons. The maximum atomic E-state index is 11.4. The van der Waals surface area contributed by atoms with Crippen LogP contribution in [-0.2, 0) is 4.74 Å². The van der Waals surface area contributed by atoms with E-state index in [1.807, 2.05) is 6.92 Å². The lowest BCUT2D eigenvalue weighted by molar-refractivity contribution is 0.0857. The van der Waals surface area contributed by atoms with Crippen LogP contribution in [0.4, 0.5) is 4.79 Å². The van der Waals surface area contributed by atoms with Gasteiger partial charge in [-0.15, -0.1) is 0 Å². The number of hydrogen-bond acceptors (Lipinski definition) is 3. The number of urea groups is 1. The Labute approximate surface area is 90.2 Å². The molecule has 1 aliphatic heterocycles. The van der Waals surface area contributed by atoms with E-state index in [9.17, 15) is 4.79 Å². The van der Waals surface area contributed by atoms with Crippen LogP contribution in [0.25, 0.3) is 0 Å². The standard InChI is InChI=1S/C10H20N2O3/c1-7(6-13)11-10(14)12-8(2)9-4-3-5-15-9/h7-9,13H,3-6H2,1-2H3,(H2,11,12,14). The van der Waals surface area contributed by atoms with Crippen molar-refractivity contribution in [2.75, 3.05) is 13.2 Å². The summed E-state index contributed by atoms with van der Waals surface area (Å²) in [5, 5.41) is 14.2. The molecule has 0 radical (unpaired) electrons. The summed E-state index contributed by atoms with van der Waals surface area (Å²) in [7, 11) is 0. The molecule has 0 aromatic rings. The van der Waals surface area contributed by atoms with E-state index < -0.39 is 0 Å². The molecule has 0 bridgehead atoms. The van der Waals surface area contributed by atoms with Gasteiger partial charge < -0.3 is 20.5 Å². The third-order valence-corrected chi connectivity index (χ3v) is 2.53. The molecule has 1 rings (SSSR count). The highest BCUT2D eigenvalue weighted by Crippen LogP contribution is 2.15. The topological polar surface area (TPSA) is 70.6 Å². The molecule has 1 heterocycles. The summed E-state index contributed by atoms with van der Waals surface area (Å²) in [5.41, 5.74) is 0. The highest BCUT2D eigenvalue weighted by atomic mass is 16.5. The van der Waals surface area contributed by atoms with Gasteiger partial charge >= 0.3 is 6.03 Å². The molecular formula is C10H20N2O3. The number of nitrogens with one attached hydrogen (secondary N) is 2. The van der Waals surface area contributed by atoms with Gasteiger partial charge in [0.25, 0.3) is 0 Å². The van der Waals surface area contributed by atoms with Gasteiger partial charge in [0, 0.05) is 6.61 Å². The fourth-order valence-electron chi connectivity index (χ4n) is 1.61. The Bertz CT molecular complexity index is 205. The van der Waals surface area contributed by atoms with Crippen LogP contribution in [0, 0.1) is 0 Å². The zero-order valence-corrected chi connectivity index (χ0v) is 9.32. The molecule has 15 heavy (non-hydrogen) atoms. The molecule has 1 saturated heterocycles. The number of carbonyl (C=O) groups excluding carboxylic acids is 1. The van der Waals surface area contributed by atoms with Crippen LogP contribution in [0.2, 0.25) is 0 Å². The second-order valence-electron chi connectivity index (χ2n) is 4.04. The fraction of sp³-hybridized carbons (Fsp3) is 0.900. The monoisotopic (exact) mass is 216 g/mol. The number of amides is 2. The number of hydrogen-bond donors (Lipinski definition) is 3. The van der Waals surface area contributed by atoms with Crippen molar-refractivity contribution in [3.63, 3.8) is 0 Å². The third-order valence-electron chi connectivity index (χ3n) is 2.53. The Morgan fingerprint density at radius 1 is 1.53 bits per heavy atom. The van der Waals surface area contributed by atoms with Gasteiger partial charge in [0.2, 0.25) is 0 Å². The van der Waals surface area contributed by atoms with Crippen LogP contribution >= 0.6 is 0 Å². The number of ether oxygens (including phenoxy) is 1. The highest BCUT2D eigenvalue weighted by molar-refractivity contribution is 5.74. The molecular weight excluding hydrogens is 196 g/mol. The van der Waals surface area contributed by atoms with Crippen LogP contribution in [-0.4, -0.2) is 42.5 Å². The molecule has 0 aromatic carbocycles. The first kappa shape index (κ1) is 12.3. The molecule has 3 N–H and O–H groups in total. The molecule has 1 aliphatic rings. The summed E-state index contributed by atoms with van der Waals surface area (Å²) in [6.07, 6.45) is 2.18. The van der Waals surface area contributed by atoms with E-state index in [-0.39, 0.29) is 30.8 Å². The first-order valence-electron chi connectivity index (χ1n) is 5.43. The van der Waals surface area contributed by atoms with Crippen molar-refractivity contribution in [1.29, 1.82) is 0 Å². The van der Waals surface area contributed by atoms with E-state index in [1.54, 1.807) is 6.92 Å². The molecule has 0 saturated carbocycles. The maximum Gasteiger partial charge on any atom is 0.315 e. The van der Waals surface area contributed by atoms with Crippen molar-refractivity contribution < 1.29 is 14.6 Å². The average Bonchev–Trinajstić information content (AvgIpc) is 2.70. The van der Waals surface area contributed by atoms with Gasteiger partial charge in [-0.25, -0.2) is 4.79 Å². The second-order valence-corrected chi connectivity index (χ2v) is 4.04. The number of carbonyl (C=O) groups is 1. The minimum absolute atomic E-state index is 0.0124. The SMILES string of the molecule is CC(CO)NC(=O)NC(C)C1CCCO1. The molecule has 2 amide bonds. The summed E-state index contributed by atoms with van der Waals surface area (Å²) >= 11 is 0. The summed E-state index contributed by atoms with van der Waals surface area (Å²) in [5.74, 6) is 0. The van der Waals surface area contributed by atoms with Crippen LogP contribution < -0.4 is 10.6 Å². The fourth-order valence-corrected chi connectivity index (χ4v) is 1.61. The Morgan fingerprint density at radius 2 is 2.27 bits per heavy atom. The Kier molecular flexibility index (Phi) is 4.84. The lowest BCUT2D eigenvalue weighted by Crippen LogP contribution is -2.49. The quantitative estimate of drug-likeness (QED) is 0.630. The van der Waals surface area contributed by atoms with E-state index in [2.05, 4.69) is 10.6 Å². The lowest BCUT2D eigenvalue weighted by atomic mass is 10.1. The van der Waals surface area contributed by atoms with Gasteiger partial charge in [-0.3, -0.25) is 0 Å². The van der Waals surface area contributed by atoms with Crippen molar-refractivity contribution in [1.82, 2.24) is 10.6 Å². The zero-order valence-electron chi connectivity index (χ0n) is 9.32. The van der Waals surface area contributed by atoms with Crippen molar-refractivity contribution in [3.8, 4) is 0 Å². The first-order valence-corrected chi connectivity index (χ1v) is 5.43. The number of aliphatic hydroxyl groups is 1. The maximum absolute atomic E-state index is 11.4. The first-order chi connectivity index (χ1) is 7.13.